The van der Waals surface area contributed by atoms with Crippen molar-refractivity contribution < 1.29 is 71.4 Å². The largest absolute Gasteiger partial charge is 0.458 e. The fourth-order valence-corrected chi connectivity index (χ4v) is 8.87. The summed E-state index contributed by atoms with van der Waals surface area (Å²) in [6.07, 6.45) is -0.162. The number of esters is 1. The molecule has 7 N–H and O–H groups in total. The van der Waals surface area contributed by atoms with Gasteiger partial charge in [0.25, 0.3) is 5.56 Å². The Morgan fingerprint density at radius 2 is 1.42 bits per heavy atom. The summed E-state index contributed by atoms with van der Waals surface area (Å²) < 4.78 is 54.4. The SMILES string of the molecule is CCOCCOCCOCCOCCOCCOCCC(=O)N[C@@H](C)C(=O)N[C@@H](C)C(=O)N[C@@H](CC(N)=O)C(=O)N[C@H]1CCc2c(C)c(F)cc3nc4c(c1c23)Cn1c-4cc2c(c1=O)COC(=O)[C@]2(O)CC. The number of amides is 5. The number of cyclic esters (lactones) is 1. The first-order chi connectivity index (χ1) is 34.5. The summed E-state index contributed by atoms with van der Waals surface area (Å²) in [4.78, 5) is 97.2. The molecule has 3 aromatic rings. The van der Waals surface area contributed by atoms with Crippen molar-refractivity contribution in [3.63, 3.8) is 0 Å². The van der Waals surface area contributed by atoms with E-state index < -0.39 is 83.1 Å². The minimum Gasteiger partial charge on any atom is -0.458 e. The van der Waals surface area contributed by atoms with E-state index in [2.05, 4.69) is 21.3 Å². The third kappa shape index (κ3) is 13.2. The molecule has 4 heterocycles. The molecule has 5 amide bonds. The number of nitrogens with zero attached hydrogens (tertiary/aromatic N) is 2. The van der Waals surface area contributed by atoms with Gasteiger partial charge in [-0.25, -0.2) is 14.2 Å². The first-order valence-corrected chi connectivity index (χ1v) is 24.3. The number of aryl methyl sites for hydroxylation is 1. The van der Waals surface area contributed by atoms with Crippen LogP contribution in [0.15, 0.2) is 16.9 Å². The molecule has 6 rings (SSSR count). The number of pyridine rings is 2. The molecule has 23 heteroatoms. The summed E-state index contributed by atoms with van der Waals surface area (Å²) >= 11 is 0. The lowest BCUT2D eigenvalue weighted by atomic mass is 9.81. The zero-order valence-electron chi connectivity index (χ0n) is 41.4. The van der Waals surface area contributed by atoms with Gasteiger partial charge in [-0.05, 0) is 69.7 Å². The number of aliphatic hydroxyl groups is 1. The predicted molar refractivity (Wildman–Crippen MR) is 255 cm³/mol. The fraction of sp³-hybridized carbons (Fsp3) is 0.592. The summed E-state index contributed by atoms with van der Waals surface area (Å²) in [5, 5.41) is 22.5. The molecule has 0 radical (unpaired) electrons. The molecule has 394 valence electrons. The molecule has 2 aliphatic heterocycles. The molecule has 0 saturated heterocycles. The molecule has 0 fully saturated rings. The van der Waals surface area contributed by atoms with Crippen molar-refractivity contribution in [2.24, 2.45) is 5.73 Å². The predicted octanol–water partition coefficient (Wildman–Crippen LogP) is 0.510. The quantitative estimate of drug-likeness (QED) is 0.0319. The highest BCUT2D eigenvalue weighted by molar-refractivity contribution is 5.97. The van der Waals surface area contributed by atoms with Crippen LogP contribution in [0.2, 0.25) is 0 Å². The van der Waals surface area contributed by atoms with Crippen LogP contribution in [0, 0.1) is 12.7 Å². The number of nitrogens with one attached hydrogen (secondary N) is 4. The number of halogens is 1. The average Bonchev–Trinajstić information content (AvgIpc) is 3.72. The van der Waals surface area contributed by atoms with Gasteiger partial charge >= 0.3 is 5.97 Å². The highest BCUT2D eigenvalue weighted by atomic mass is 19.1. The number of hydrogen-bond acceptors (Lipinski definition) is 16. The van der Waals surface area contributed by atoms with Crippen LogP contribution in [0.1, 0.15) is 92.8 Å². The number of benzene rings is 1. The third-order valence-corrected chi connectivity index (χ3v) is 12.8. The highest BCUT2D eigenvalue weighted by Crippen LogP contribution is 2.46. The van der Waals surface area contributed by atoms with Crippen molar-refractivity contribution in [1.29, 1.82) is 0 Å². The van der Waals surface area contributed by atoms with Crippen LogP contribution in [0.5, 0.6) is 0 Å². The Balaban J connectivity index is 0.993. The van der Waals surface area contributed by atoms with Crippen LogP contribution in [0.25, 0.3) is 22.3 Å². The molecule has 0 bridgehead atoms. The van der Waals surface area contributed by atoms with Gasteiger partial charge in [0.1, 0.15) is 30.5 Å². The second-order valence-corrected chi connectivity index (χ2v) is 17.7. The van der Waals surface area contributed by atoms with Crippen molar-refractivity contribution >= 4 is 46.4 Å². The van der Waals surface area contributed by atoms with Crippen molar-refractivity contribution in [3.8, 4) is 11.4 Å². The Morgan fingerprint density at radius 1 is 0.833 bits per heavy atom. The number of aromatic nitrogens is 2. The second-order valence-electron chi connectivity index (χ2n) is 17.7. The van der Waals surface area contributed by atoms with Gasteiger partial charge in [-0.1, -0.05) is 6.92 Å². The number of carbonyl (C=O) groups is 6. The molecule has 22 nitrogen and oxygen atoms in total. The monoisotopic (exact) mass is 1010 g/mol. The lowest BCUT2D eigenvalue weighted by molar-refractivity contribution is -0.172. The zero-order valence-corrected chi connectivity index (χ0v) is 41.4. The Hall–Kier alpha value is -5.95. The van der Waals surface area contributed by atoms with Crippen LogP contribution >= 0.6 is 0 Å². The Bertz CT molecular complexity index is 2560. The van der Waals surface area contributed by atoms with E-state index in [-0.39, 0.29) is 74.6 Å². The lowest BCUT2D eigenvalue weighted by Crippen LogP contribution is -2.56. The van der Waals surface area contributed by atoms with E-state index >= 15 is 4.39 Å². The van der Waals surface area contributed by atoms with Crippen molar-refractivity contribution in [2.45, 2.75) is 110 Å². The summed E-state index contributed by atoms with van der Waals surface area (Å²) in [5.74, 6) is -5.09. The van der Waals surface area contributed by atoms with E-state index in [1.165, 1.54) is 30.5 Å². The van der Waals surface area contributed by atoms with Gasteiger partial charge in [0.05, 0.1) is 114 Å². The van der Waals surface area contributed by atoms with Crippen LogP contribution in [-0.2, 0) is 87.1 Å². The molecule has 5 atom stereocenters. The maximum atomic E-state index is 15.5. The van der Waals surface area contributed by atoms with Crippen LogP contribution in [0.4, 0.5) is 4.39 Å². The third-order valence-electron chi connectivity index (χ3n) is 12.8. The van der Waals surface area contributed by atoms with Gasteiger partial charge in [-0.15, -0.1) is 0 Å². The molecule has 3 aliphatic rings. The number of primary amides is 1. The van der Waals surface area contributed by atoms with Crippen LogP contribution in [-0.4, -0.2) is 148 Å². The van der Waals surface area contributed by atoms with Gasteiger partial charge in [0, 0.05) is 35.6 Å². The van der Waals surface area contributed by atoms with E-state index in [1.54, 1.807) is 13.8 Å². The molecular formula is C49H66FN7O15. The van der Waals surface area contributed by atoms with Crippen LogP contribution in [0.3, 0.4) is 0 Å². The molecule has 1 aliphatic carbocycles. The van der Waals surface area contributed by atoms with Gasteiger partial charge < -0.3 is 69.8 Å². The number of rotatable bonds is 29. The smallest absolute Gasteiger partial charge is 0.343 e. The molecule has 0 saturated carbocycles. The lowest BCUT2D eigenvalue weighted by Gasteiger charge is -2.31. The highest BCUT2D eigenvalue weighted by Gasteiger charge is 2.46. The Labute approximate surface area is 415 Å². The van der Waals surface area contributed by atoms with E-state index in [0.717, 1.165) is 0 Å². The molecule has 0 spiro atoms. The maximum Gasteiger partial charge on any atom is 0.343 e. The minimum atomic E-state index is -2.08. The summed E-state index contributed by atoms with van der Waals surface area (Å²) in [7, 11) is 0. The number of ether oxygens (including phenoxy) is 7. The molecule has 1 aromatic carbocycles. The Kier molecular flexibility index (Phi) is 19.7. The number of fused-ring (bicyclic) bond motifs is 5. The molecule has 0 unspecified atom stereocenters. The Morgan fingerprint density at radius 3 is 2.01 bits per heavy atom. The van der Waals surface area contributed by atoms with E-state index in [1.807, 2.05) is 6.92 Å². The number of carbonyl (C=O) groups excluding carboxylic acids is 6. The summed E-state index contributed by atoms with van der Waals surface area (Å²) in [6.45, 7) is 12.4. The maximum absolute atomic E-state index is 15.5. The first-order valence-electron chi connectivity index (χ1n) is 24.3. The first kappa shape index (κ1) is 55.4. The van der Waals surface area contributed by atoms with Crippen molar-refractivity contribution in [2.75, 3.05) is 79.3 Å². The zero-order chi connectivity index (χ0) is 52.1. The average molecular weight is 1010 g/mol. The van der Waals surface area contributed by atoms with E-state index in [4.69, 9.17) is 43.9 Å². The number of hydrogen-bond donors (Lipinski definition) is 6. The van der Waals surface area contributed by atoms with Crippen molar-refractivity contribution in [3.05, 3.63) is 61.7 Å². The standard InChI is InChI=1S/C49H66FN7O15/c1-6-49(65)33-22-38-43-31(25-57(38)47(63)32(33)26-72-48(49)64)42-35(9-8-30-27(3)34(50)23-36(54-43)41(30)42)55-46(62)37(24-39(51)58)56-45(61)29(5)53-44(60)28(4)52-40(59)10-11-67-14-15-69-18-19-71-21-20-70-17-16-68-13-12-66-7-2/h22-23,28-29,35,37,65H,6-21,24-26H2,1-5H3,(H2,51,58)(H,52,59)(H,53,60)(H,55,62)(H,56,61)/t28-,29-,35-,37-,49-/m0/s1. The van der Waals surface area contributed by atoms with Crippen LogP contribution < -0.4 is 32.6 Å². The summed E-state index contributed by atoms with van der Waals surface area (Å²) in [5.41, 5.74) is 6.13. The topological polar surface area (TPSA) is 296 Å². The fourth-order valence-electron chi connectivity index (χ4n) is 8.87. The summed E-state index contributed by atoms with van der Waals surface area (Å²) in [6, 6.07) is -1.78. The van der Waals surface area contributed by atoms with Gasteiger partial charge in [0.15, 0.2) is 5.60 Å². The van der Waals surface area contributed by atoms with Gasteiger partial charge in [-0.3, -0.25) is 28.8 Å². The van der Waals surface area contributed by atoms with Crippen molar-refractivity contribution in [1.82, 2.24) is 30.8 Å². The molecule has 72 heavy (non-hydrogen) atoms. The van der Waals surface area contributed by atoms with E-state index in [9.17, 15) is 38.7 Å². The normalized spacial score (nSPS) is 17.8. The minimum absolute atomic E-state index is 0.0141. The second kappa shape index (κ2) is 25.6. The van der Waals surface area contributed by atoms with E-state index in [0.29, 0.717) is 99.2 Å². The van der Waals surface area contributed by atoms with Gasteiger partial charge in [-0.2, -0.15) is 0 Å². The molecular weight excluding hydrogens is 946 g/mol. The van der Waals surface area contributed by atoms with Gasteiger partial charge in [0.2, 0.25) is 29.5 Å². The molecule has 2 aromatic heterocycles. The number of nitrogens with two attached hydrogens (primary N) is 1.